The Morgan fingerprint density at radius 2 is 1.91 bits per heavy atom. The Bertz CT molecular complexity index is 744. The number of hydrogen-bond donors (Lipinski definition) is 0. The van der Waals surface area contributed by atoms with Gasteiger partial charge in [-0.25, -0.2) is 0 Å². The van der Waals surface area contributed by atoms with Crippen LogP contribution in [0.15, 0.2) is 29.2 Å². The fraction of sp³-hybridized carbons (Fsp3) is 0.533. The van der Waals surface area contributed by atoms with Crippen LogP contribution in [0.1, 0.15) is 20.8 Å². The van der Waals surface area contributed by atoms with Gasteiger partial charge in [0.1, 0.15) is 12.7 Å². The molecule has 0 spiro atoms. The second-order valence-electron chi connectivity index (χ2n) is 5.88. The summed E-state index contributed by atoms with van der Waals surface area (Å²) in [7, 11) is -4.18. The summed E-state index contributed by atoms with van der Waals surface area (Å²) in [4.78, 5) is 12.2. The zero-order valence-corrected chi connectivity index (χ0v) is 13.7. The number of carbonyl (C=O) groups is 1. The van der Waals surface area contributed by atoms with Crippen LogP contribution in [-0.2, 0) is 33.3 Å². The van der Waals surface area contributed by atoms with Gasteiger partial charge in [-0.05, 0) is 32.9 Å². The first-order valence-electron chi connectivity index (χ1n) is 7.64. The zero-order chi connectivity index (χ0) is 17.7. The van der Waals surface area contributed by atoms with Gasteiger partial charge >= 0.3 is 0 Å². The van der Waals surface area contributed by atoms with E-state index in [0.29, 0.717) is 0 Å². The summed E-state index contributed by atoms with van der Waals surface area (Å²) >= 11 is 0. The number of ketones is 1. The van der Waals surface area contributed by atoms with Gasteiger partial charge < -0.3 is 14.2 Å². The maximum atomic E-state index is 12.3. The number of fused-ring (bicyclic) bond motifs is 1. The number of hydrogen-bond acceptors (Lipinski definition) is 7. The van der Waals surface area contributed by atoms with Crippen molar-refractivity contribution in [2.75, 3.05) is 6.58 Å². The number of Topliss-reactive ketones (excluding diaryl/α,β-unsaturated/α-hetero) is 1. The Balaban J connectivity index is 1.71. The van der Waals surface area contributed by atoms with Crippen molar-refractivity contribution in [3.8, 4) is 0 Å². The van der Waals surface area contributed by atoms with Crippen LogP contribution in [0.4, 0.5) is 0 Å². The molecule has 2 fully saturated rings. The molecule has 23 heavy (non-hydrogen) atoms. The number of aryl methyl sites for hydroxylation is 1. The molecule has 4 atom stereocenters. The van der Waals surface area contributed by atoms with Gasteiger partial charge in [-0.2, -0.15) is 8.42 Å². The molecule has 0 aromatic heterocycles. The molecule has 0 bridgehead atoms. The van der Waals surface area contributed by atoms with E-state index < -0.39 is 46.8 Å². The predicted molar refractivity (Wildman–Crippen MR) is 78.0 cm³/mol. The van der Waals surface area contributed by atoms with Crippen LogP contribution in [-0.4, -0.2) is 45.1 Å². The summed E-state index contributed by atoms with van der Waals surface area (Å²) in [5, 5.41) is 0. The Kier molecular flexibility index (Phi) is 3.73. The van der Waals surface area contributed by atoms with Gasteiger partial charge in [0.15, 0.2) is 24.0 Å². The molecule has 2 aliphatic heterocycles. The summed E-state index contributed by atoms with van der Waals surface area (Å²) in [5.74, 6) is -1.54. The Hall–Kier alpha value is -1.32. The average Bonchev–Trinajstić information content (AvgIpc) is 2.92. The van der Waals surface area contributed by atoms with Crippen LogP contribution in [0.2, 0.25) is 0 Å². The van der Waals surface area contributed by atoms with Crippen molar-refractivity contribution >= 4 is 15.9 Å². The average molecular weight is 343 g/mol. The van der Waals surface area contributed by atoms with E-state index in [1.165, 1.54) is 12.1 Å². The predicted octanol–water partition coefficient (Wildman–Crippen LogP) is 1.15. The van der Waals surface area contributed by atoms with E-state index in [0.717, 1.165) is 5.56 Å². The maximum absolute atomic E-state index is 12.3. The highest BCUT2D eigenvalue weighted by Crippen LogP contribution is 2.35. The summed E-state index contributed by atoms with van der Waals surface area (Å²) in [5.41, 5.74) is 0.885. The molecule has 0 radical (unpaired) electrons. The topological polar surface area (TPSA) is 88.1 Å². The third-order valence-electron chi connectivity index (χ3n) is 3.52. The maximum Gasteiger partial charge on any atom is 0.297 e. The minimum Gasteiger partial charge on any atom is -0.336 e. The minimum atomic E-state index is -4.18. The highest BCUT2D eigenvalue weighted by atomic mass is 32.2. The fourth-order valence-electron chi connectivity index (χ4n) is 2.38. The molecule has 0 N–H and O–H groups in total. The lowest BCUT2D eigenvalue weighted by Crippen LogP contribution is -2.33. The summed E-state index contributed by atoms with van der Waals surface area (Å²) in [6.45, 7) is 3.33. The lowest BCUT2D eigenvalue weighted by Gasteiger charge is -2.19. The zero-order valence-electron chi connectivity index (χ0n) is 13.9. The third kappa shape index (κ3) is 3.31. The van der Waals surface area contributed by atoms with Crippen molar-refractivity contribution in [1.82, 2.24) is 0 Å². The van der Waals surface area contributed by atoms with Gasteiger partial charge in [0.25, 0.3) is 10.1 Å². The van der Waals surface area contributed by atoms with Crippen molar-refractivity contribution in [3.05, 3.63) is 29.8 Å². The molecule has 1 unspecified atom stereocenters. The molecule has 2 heterocycles. The van der Waals surface area contributed by atoms with Crippen LogP contribution in [0.25, 0.3) is 0 Å². The molecule has 0 aliphatic carbocycles. The van der Waals surface area contributed by atoms with Gasteiger partial charge in [0.2, 0.25) is 0 Å². The second-order valence-corrected chi connectivity index (χ2v) is 7.46. The van der Waals surface area contributed by atoms with E-state index in [1.54, 1.807) is 26.0 Å². The highest BCUT2D eigenvalue weighted by Gasteiger charge is 2.54. The Labute approximate surface area is 136 Å². The van der Waals surface area contributed by atoms with Crippen molar-refractivity contribution < 1.29 is 33.0 Å². The molecule has 2 saturated heterocycles. The van der Waals surface area contributed by atoms with Crippen molar-refractivity contribution in [3.63, 3.8) is 0 Å². The van der Waals surface area contributed by atoms with Gasteiger partial charge in [-0.3, -0.25) is 8.98 Å². The molecular weight excluding hydrogens is 324 g/mol. The molecule has 0 amide bonds. The SMILES string of the molecule is [2H]C(OS(=O)(=O)c1ccc(C)cc1)[C@H]1O[C@H]2OC(C)(C)O[C@H]2C1=O. The number of benzene rings is 1. The first kappa shape index (κ1) is 15.2. The van der Waals surface area contributed by atoms with E-state index in [4.69, 9.17) is 19.8 Å². The standard InChI is InChI=1S/C15H18O7S/c1-9-4-6-10(7-5-9)23(17,18)19-8-11-12(16)13-14(20-11)22-15(2,3)21-13/h4-7,11,13-14H,8H2,1-3H3/t11-,13+,14+/m1/s1/i8D/t8?,11-,13+,14+. The van der Waals surface area contributed by atoms with E-state index in [9.17, 15) is 13.2 Å². The molecule has 126 valence electrons. The van der Waals surface area contributed by atoms with Crippen LogP contribution < -0.4 is 0 Å². The van der Waals surface area contributed by atoms with Crippen LogP contribution in [0.5, 0.6) is 0 Å². The molecule has 2 aliphatic rings. The minimum absolute atomic E-state index is 0.0929. The summed E-state index contributed by atoms with van der Waals surface area (Å²) < 4.78 is 53.2. The van der Waals surface area contributed by atoms with E-state index >= 15 is 0 Å². The van der Waals surface area contributed by atoms with Crippen molar-refractivity contribution in [2.24, 2.45) is 0 Å². The molecule has 1 aromatic rings. The second kappa shape index (κ2) is 5.64. The molecule has 7 nitrogen and oxygen atoms in total. The molecular formula is C15H18O7S. The Morgan fingerprint density at radius 3 is 2.52 bits per heavy atom. The number of rotatable bonds is 4. The van der Waals surface area contributed by atoms with E-state index in [-0.39, 0.29) is 4.90 Å². The summed E-state index contributed by atoms with van der Waals surface area (Å²) in [6.07, 6.45) is -3.34. The number of carbonyl (C=O) groups excluding carboxylic acids is 1. The summed E-state index contributed by atoms with van der Waals surface area (Å²) in [6, 6.07) is 5.97. The van der Waals surface area contributed by atoms with E-state index in [1.807, 2.05) is 6.92 Å². The highest BCUT2D eigenvalue weighted by molar-refractivity contribution is 7.86. The largest absolute Gasteiger partial charge is 0.336 e. The van der Waals surface area contributed by atoms with Crippen molar-refractivity contribution in [2.45, 2.75) is 50.0 Å². The first-order valence-corrected chi connectivity index (χ1v) is 8.47. The smallest absolute Gasteiger partial charge is 0.297 e. The van der Waals surface area contributed by atoms with Gasteiger partial charge in [-0.15, -0.1) is 0 Å². The van der Waals surface area contributed by atoms with Gasteiger partial charge in [0, 0.05) is 0 Å². The third-order valence-corrected chi connectivity index (χ3v) is 4.73. The molecule has 1 aromatic carbocycles. The van der Waals surface area contributed by atoms with Crippen molar-refractivity contribution in [1.29, 1.82) is 0 Å². The van der Waals surface area contributed by atoms with Gasteiger partial charge in [0.05, 0.1) is 6.27 Å². The monoisotopic (exact) mass is 343 g/mol. The Morgan fingerprint density at radius 1 is 1.26 bits per heavy atom. The van der Waals surface area contributed by atoms with Crippen LogP contribution in [0, 0.1) is 6.92 Å². The number of ether oxygens (including phenoxy) is 3. The first-order chi connectivity index (χ1) is 11.1. The van der Waals surface area contributed by atoms with Gasteiger partial charge in [-0.1, -0.05) is 17.7 Å². The lowest BCUT2D eigenvalue weighted by molar-refractivity contribution is -0.206. The molecule has 3 rings (SSSR count). The molecule has 0 saturated carbocycles. The lowest BCUT2D eigenvalue weighted by atomic mass is 10.2. The van der Waals surface area contributed by atoms with Crippen LogP contribution >= 0.6 is 0 Å². The molecule has 8 heteroatoms. The fourth-order valence-corrected chi connectivity index (χ4v) is 3.21. The normalized spacial score (nSPS) is 31.7. The quantitative estimate of drug-likeness (QED) is 0.758. The van der Waals surface area contributed by atoms with E-state index in [2.05, 4.69) is 0 Å². The van der Waals surface area contributed by atoms with Crippen LogP contribution in [0.3, 0.4) is 0 Å².